The van der Waals surface area contributed by atoms with Crippen LogP contribution in [0.5, 0.6) is 0 Å². The molecule has 0 unspecified atom stereocenters. The number of hydrogen-bond acceptors (Lipinski definition) is 7. The molecule has 2 aromatic rings. The number of rotatable bonds is 6. The second kappa shape index (κ2) is 7.75. The molecule has 0 bridgehead atoms. The quantitative estimate of drug-likeness (QED) is 0.535. The smallest absolute Gasteiger partial charge is 0.277 e. The molecule has 0 spiro atoms. The molecule has 0 radical (unpaired) electrons. The van der Waals surface area contributed by atoms with Gasteiger partial charge in [0.1, 0.15) is 0 Å². The van der Waals surface area contributed by atoms with Crippen molar-refractivity contribution in [1.82, 2.24) is 10.2 Å². The highest BCUT2D eigenvalue weighted by atomic mass is 32.2. The summed E-state index contributed by atoms with van der Waals surface area (Å²) in [5.41, 5.74) is 3.94. The average molecular weight is 409 g/mol. The molecule has 0 aliphatic carbocycles. The van der Waals surface area contributed by atoms with Gasteiger partial charge in [-0.3, -0.25) is 4.79 Å². The predicted octanol–water partition coefficient (Wildman–Crippen LogP) is 3.34. The lowest BCUT2D eigenvalue weighted by molar-refractivity contribution is 0.0993. The lowest BCUT2D eigenvalue weighted by Gasteiger charge is -2.12. The zero-order valence-electron chi connectivity index (χ0n) is 16.0. The maximum Gasteiger partial charge on any atom is 0.277 e. The lowest BCUT2D eigenvalue weighted by atomic mass is 9.97. The summed E-state index contributed by atoms with van der Waals surface area (Å²) >= 11 is 1.24. The second-order valence-corrected chi connectivity index (χ2v) is 10.8. The normalized spacial score (nSPS) is 19.9. The molecule has 1 aromatic heterocycles. The number of aromatic nitrogens is 2. The fourth-order valence-electron chi connectivity index (χ4n) is 3.30. The topological polar surface area (TPSA) is 90.1 Å². The molecule has 1 fully saturated rings. The van der Waals surface area contributed by atoms with Crippen LogP contribution in [0.2, 0.25) is 0 Å². The van der Waals surface area contributed by atoms with Gasteiger partial charge >= 0.3 is 0 Å². The van der Waals surface area contributed by atoms with Crippen LogP contribution in [0.3, 0.4) is 0 Å². The van der Waals surface area contributed by atoms with Crippen molar-refractivity contribution in [3.8, 4) is 0 Å². The number of carbonyl (C=O) groups is 1. The van der Waals surface area contributed by atoms with E-state index in [0.717, 1.165) is 11.1 Å². The summed E-state index contributed by atoms with van der Waals surface area (Å²) in [6.07, 6.45) is 1.10. The fraction of sp³-hybridized carbons (Fsp3) is 0.526. The first-order valence-corrected chi connectivity index (χ1v) is 11.7. The summed E-state index contributed by atoms with van der Waals surface area (Å²) in [7, 11) is -2.92. The number of nitrogens with zero attached hydrogens (tertiary/aromatic N) is 2. The maximum absolute atomic E-state index is 12.8. The Morgan fingerprint density at radius 1 is 1.22 bits per heavy atom. The minimum absolute atomic E-state index is 0.0298. The Labute approximate surface area is 164 Å². The lowest BCUT2D eigenvalue weighted by Crippen LogP contribution is -2.15. The number of hydrogen-bond donors (Lipinski definition) is 0. The fourth-order valence-corrected chi connectivity index (χ4v) is 5.93. The van der Waals surface area contributed by atoms with Crippen molar-refractivity contribution in [2.45, 2.75) is 51.0 Å². The molecule has 0 amide bonds. The predicted molar refractivity (Wildman–Crippen MR) is 105 cm³/mol. The summed E-state index contributed by atoms with van der Waals surface area (Å²) in [6.45, 7) is 7.80. The van der Waals surface area contributed by atoms with Crippen molar-refractivity contribution >= 4 is 27.4 Å². The Bertz CT molecular complexity index is 966. The van der Waals surface area contributed by atoms with Crippen molar-refractivity contribution < 1.29 is 17.6 Å². The molecule has 0 N–H and O–H groups in total. The number of benzene rings is 1. The molecule has 146 valence electrons. The molecule has 1 aliphatic heterocycles. The van der Waals surface area contributed by atoms with Gasteiger partial charge < -0.3 is 4.42 Å². The van der Waals surface area contributed by atoms with Crippen LogP contribution in [-0.4, -0.2) is 41.2 Å². The number of Topliss-reactive ketones (excluding diaryl/α,β-unsaturated/α-hetero) is 1. The summed E-state index contributed by atoms with van der Waals surface area (Å²) in [4.78, 5) is 12.8. The van der Waals surface area contributed by atoms with Gasteiger partial charge in [-0.25, -0.2) is 8.42 Å². The van der Waals surface area contributed by atoms with E-state index in [4.69, 9.17) is 4.42 Å². The van der Waals surface area contributed by atoms with Gasteiger partial charge in [0, 0.05) is 12.0 Å². The highest BCUT2D eigenvalue weighted by Crippen LogP contribution is 2.28. The summed E-state index contributed by atoms with van der Waals surface area (Å²) < 4.78 is 28.7. The highest BCUT2D eigenvalue weighted by Gasteiger charge is 2.29. The second-order valence-electron chi connectivity index (χ2n) is 7.31. The summed E-state index contributed by atoms with van der Waals surface area (Å²) in [5, 5.41) is 8.01. The highest BCUT2D eigenvalue weighted by molar-refractivity contribution is 8.00. The van der Waals surface area contributed by atoms with Crippen molar-refractivity contribution in [3.05, 3.63) is 40.3 Å². The van der Waals surface area contributed by atoms with Gasteiger partial charge in [-0.05, 0) is 62.8 Å². The molecule has 6 nitrogen and oxygen atoms in total. The van der Waals surface area contributed by atoms with Crippen LogP contribution in [0.1, 0.15) is 46.3 Å². The largest absolute Gasteiger partial charge is 0.416 e. The zero-order chi connectivity index (χ0) is 19.8. The molecule has 1 aliphatic rings. The first kappa shape index (κ1) is 20.1. The van der Waals surface area contributed by atoms with E-state index in [1.165, 1.54) is 17.3 Å². The van der Waals surface area contributed by atoms with Gasteiger partial charge in [-0.1, -0.05) is 17.8 Å². The van der Waals surface area contributed by atoms with Crippen LogP contribution in [0, 0.1) is 26.7 Å². The van der Waals surface area contributed by atoms with E-state index in [-0.39, 0.29) is 28.5 Å². The van der Waals surface area contributed by atoms with E-state index < -0.39 is 9.84 Å². The van der Waals surface area contributed by atoms with E-state index in [0.29, 0.717) is 29.5 Å². The van der Waals surface area contributed by atoms with Crippen LogP contribution in [0.15, 0.2) is 21.8 Å². The van der Waals surface area contributed by atoms with Gasteiger partial charge in [0.05, 0.1) is 16.8 Å². The van der Waals surface area contributed by atoms with Crippen LogP contribution in [0.25, 0.3) is 0 Å². The standard InChI is InChI=1S/C19H24N2O4S2/c1-11-7-13(3)16(8-12(11)2)18(22)14(4)26-19-21-20-17(25-19)9-15-5-6-27(23,24)10-15/h7-8,14-15H,5-6,9-10H2,1-4H3/t14-,15-/m0/s1. The Balaban J connectivity index is 1.65. The van der Waals surface area contributed by atoms with Crippen LogP contribution in [-0.2, 0) is 16.3 Å². The van der Waals surface area contributed by atoms with Crippen molar-refractivity contribution in [2.75, 3.05) is 11.5 Å². The van der Waals surface area contributed by atoms with Crippen LogP contribution < -0.4 is 0 Å². The van der Waals surface area contributed by atoms with E-state index in [1.807, 2.05) is 39.8 Å². The average Bonchev–Trinajstić information content (AvgIpc) is 3.16. The number of thioether (sulfide) groups is 1. The van der Waals surface area contributed by atoms with Crippen molar-refractivity contribution in [2.24, 2.45) is 5.92 Å². The summed E-state index contributed by atoms with van der Waals surface area (Å²) in [5.74, 6) is 0.905. The van der Waals surface area contributed by atoms with Gasteiger partial charge in [-0.15, -0.1) is 10.2 Å². The molecule has 0 saturated carbocycles. The summed E-state index contributed by atoms with van der Waals surface area (Å²) in [6, 6.07) is 3.96. The molecular formula is C19H24N2O4S2. The Kier molecular flexibility index (Phi) is 5.76. The number of ketones is 1. The zero-order valence-corrected chi connectivity index (χ0v) is 17.6. The van der Waals surface area contributed by atoms with Crippen molar-refractivity contribution in [3.63, 3.8) is 0 Å². The number of aryl methyl sites for hydroxylation is 3. The van der Waals surface area contributed by atoms with Crippen LogP contribution in [0.4, 0.5) is 0 Å². The molecule has 8 heteroatoms. The van der Waals surface area contributed by atoms with E-state index >= 15 is 0 Å². The third-order valence-electron chi connectivity index (χ3n) is 4.99. The number of sulfone groups is 1. The Morgan fingerprint density at radius 3 is 2.59 bits per heavy atom. The van der Waals surface area contributed by atoms with Crippen LogP contribution >= 0.6 is 11.8 Å². The molecule has 1 aromatic carbocycles. The third-order valence-corrected chi connectivity index (χ3v) is 7.76. The van der Waals surface area contributed by atoms with Crippen molar-refractivity contribution in [1.29, 1.82) is 0 Å². The Hall–Kier alpha value is -1.67. The molecular weight excluding hydrogens is 384 g/mol. The third kappa shape index (κ3) is 4.79. The monoisotopic (exact) mass is 408 g/mol. The maximum atomic E-state index is 12.8. The minimum atomic E-state index is -2.92. The Morgan fingerprint density at radius 2 is 1.93 bits per heavy atom. The van der Waals surface area contributed by atoms with E-state index in [2.05, 4.69) is 10.2 Å². The molecule has 27 heavy (non-hydrogen) atoms. The molecule has 2 heterocycles. The van der Waals surface area contributed by atoms with Gasteiger partial charge in [0.25, 0.3) is 5.22 Å². The van der Waals surface area contributed by atoms with E-state index in [9.17, 15) is 13.2 Å². The minimum Gasteiger partial charge on any atom is -0.416 e. The molecule has 1 saturated heterocycles. The van der Waals surface area contributed by atoms with Gasteiger partial charge in [0.15, 0.2) is 15.6 Å². The van der Waals surface area contributed by atoms with Gasteiger partial charge in [0.2, 0.25) is 5.89 Å². The SMILES string of the molecule is Cc1cc(C)c(C(=O)[C@H](C)Sc2nnc(C[C@@H]3CCS(=O)(=O)C3)o2)cc1C. The first-order valence-electron chi connectivity index (χ1n) is 8.96. The van der Waals surface area contributed by atoms with E-state index in [1.54, 1.807) is 0 Å². The number of carbonyl (C=O) groups excluding carboxylic acids is 1. The molecule has 2 atom stereocenters. The van der Waals surface area contributed by atoms with Gasteiger partial charge in [-0.2, -0.15) is 0 Å². The first-order chi connectivity index (χ1) is 12.6. The molecule has 3 rings (SSSR count).